The van der Waals surface area contributed by atoms with E-state index in [4.69, 9.17) is 4.74 Å². The first-order valence-corrected chi connectivity index (χ1v) is 6.92. The number of hydrogen-bond donors (Lipinski definition) is 1. The van der Waals surface area contributed by atoms with E-state index in [1.54, 1.807) is 34.0 Å². The summed E-state index contributed by atoms with van der Waals surface area (Å²) in [4.78, 5) is 24.9. The normalized spacial score (nSPS) is 13.7. The highest BCUT2D eigenvalue weighted by Crippen LogP contribution is 2.29. The average Bonchev–Trinajstić information content (AvgIpc) is 2.76. The first kappa shape index (κ1) is 17.2. The molecule has 6 heteroatoms. The second-order valence-corrected chi connectivity index (χ2v) is 7.12. The Morgan fingerprint density at radius 2 is 1.90 bits per heavy atom. The van der Waals surface area contributed by atoms with Gasteiger partial charge in [0.1, 0.15) is 17.9 Å². The molecule has 0 aliphatic rings. The van der Waals surface area contributed by atoms with Gasteiger partial charge in [-0.3, -0.25) is 10.00 Å². The molecule has 0 aromatic carbocycles. The van der Waals surface area contributed by atoms with Crippen LogP contribution in [0.15, 0.2) is 6.20 Å². The predicted octanol–water partition coefficient (Wildman–Crippen LogP) is 2.81. The van der Waals surface area contributed by atoms with Crippen LogP contribution in [0, 0.1) is 0 Å². The predicted molar refractivity (Wildman–Crippen MR) is 80.1 cm³/mol. The third kappa shape index (κ3) is 4.31. The van der Waals surface area contributed by atoms with Gasteiger partial charge in [-0.15, -0.1) is 0 Å². The number of amides is 1. The molecule has 1 N–H and O–H groups in total. The lowest BCUT2D eigenvalue weighted by Gasteiger charge is -2.29. The van der Waals surface area contributed by atoms with E-state index in [1.165, 1.54) is 4.90 Å². The fourth-order valence-electron chi connectivity index (χ4n) is 1.94. The van der Waals surface area contributed by atoms with Crippen molar-refractivity contribution in [3.8, 4) is 0 Å². The van der Waals surface area contributed by atoms with E-state index in [9.17, 15) is 9.59 Å². The maximum Gasteiger partial charge on any atom is 0.410 e. The summed E-state index contributed by atoms with van der Waals surface area (Å²) >= 11 is 0. The largest absolute Gasteiger partial charge is 0.444 e. The zero-order valence-corrected chi connectivity index (χ0v) is 13.9. The van der Waals surface area contributed by atoms with Crippen LogP contribution in [0.5, 0.6) is 0 Å². The third-order valence-corrected chi connectivity index (χ3v) is 2.96. The summed E-state index contributed by atoms with van der Waals surface area (Å²) < 4.78 is 5.30. The minimum atomic E-state index is -0.729. The van der Waals surface area contributed by atoms with Crippen molar-refractivity contribution in [1.29, 1.82) is 0 Å². The maximum atomic E-state index is 12.1. The SMILES string of the molecule is CN(C(=O)OC(C)(C)C)C(C=O)c1cn[nH]c1C(C)(C)C. The summed E-state index contributed by atoms with van der Waals surface area (Å²) in [5.74, 6) is 0. The van der Waals surface area contributed by atoms with E-state index in [1.807, 2.05) is 20.8 Å². The molecule has 0 fully saturated rings. The van der Waals surface area contributed by atoms with E-state index >= 15 is 0 Å². The molecule has 0 spiro atoms. The van der Waals surface area contributed by atoms with Crippen molar-refractivity contribution in [2.24, 2.45) is 0 Å². The Kier molecular flexibility index (Phi) is 4.81. The molecule has 0 aliphatic heterocycles. The lowest BCUT2D eigenvalue weighted by atomic mass is 9.87. The Hall–Kier alpha value is -1.85. The summed E-state index contributed by atoms with van der Waals surface area (Å²) in [6.45, 7) is 11.4. The Balaban J connectivity index is 3.07. The van der Waals surface area contributed by atoms with Crippen molar-refractivity contribution >= 4 is 12.4 Å². The highest BCUT2D eigenvalue weighted by atomic mass is 16.6. The zero-order chi connectivity index (χ0) is 16.4. The number of aromatic nitrogens is 2. The van der Waals surface area contributed by atoms with Crippen molar-refractivity contribution in [3.63, 3.8) is 0 Å². The highest BCUT2D eigenvalue weighted by molar-refractivity contribution is 5.75. The first-order chi connectivity index (χ1) is 9.47. The Labute approximate surface area is 125 Å². The lowest BCUT2D eigenvalue weighted by Crippen LogP contribution is -2.37. The molecular weight excluding hydrogens is 270 g/mol. The molecule has 1 unspecified atom stereocenters. The second-order valence-electron chi connectivity index (χ2n) is 7.12. The molecule has 0 radical (unpaired) electrons. The smallest absolute Gasteiger partial charge is 0.410 e. The minimum Gasteiger partial charge on any atom is -0.444 e. The average molecular weight is 295 g/mol. The topological polar surface area (TPSA) is 75.3 Å². The van der Waals surface area contributed by atoms with Gasteiger partial charge in [-0.2, -0.15) is 5.10 Å². The van der Waals surface area contributed by atoms with Crippen LogP contribution in [-0.4, -0.2) is 40.1 Å². The molecule has 0 aliphatic carbocycles. The third-order valence-electron chi connectivity index (χ3n) is 2.96. The van der Waals surface area contributed by atoms with Crippen LogP contribution in [0.2, 0.25) is 0 Å². The quantitative estimate of drug-likeness (QED) is 0.870. The molecule has 1 atom stereocenters. The standard InChI is InChI=1S/C15H25N3O3/c1-14(2,3)12-10(8-16-17-12)11(9-19)18(7)13(20)21-15(4,5)6/h8-9,11H,1-7H3,(H,16,17). The van der Waals surface area contributed by atoms with E-state index in [-0.39, 0.29) is 5.41 Å². The molecule has 6 nitrogen and oxygen atoms in total. The van der Waals surface area contributed by atoms with Gasteiger partial charge in [-0.25, -0.2) is 4.79 Å². The van der Waals surface area contributed by atoms with Gasteiger partial charge in [0.25, 0.3) is 0 Å². The van der Waals surface area contributed by atoms with Crippen LogP contribution in [0.4, 0.5) is 4.79 Å². The summed E-state index contributed by atoms with van der Waals surface area (Å²) in [6.07, 6.45) is 1.77. The van der Waals surface area contributed by atoms with Crippen LogP contribution in [0.1, 0.15) is 58.8 Å². The van der Waals surface area contributed by atoms with E-state index in [0.29, 0.717) is 5.56 Å². The number of nitrogens with zero attached hydrogens (tertiary/aromatic N) is 2. The molecule has 118 valence electrons. The number of carbonyl (C=O) groups excluding carboxylic acids is 2. The molecule has 1 amide bonds. The van der Waals surface area contributed by atoms with Crippen LogP contribution in [0.25, 0.3) is 0 Å². The number of carbonyl (C=O) groups is 2. The van der Waals surface area contributed by atoms with Gasteiger partial charge in [0.2, 0.25) is 0 Å². The van der Waals surface area contributed by atoms with Gasteiger partial charge in [-0.05, 0) is 20.8 Å². The molecule has 1 aromatic heterocycles. The molecule has 0 bridgehead atoms. The number of aromatic amines is 1. The number of likely N-dealkylation sites (N-methyl/N-ethyl adjacent to an activating group) is 1. The molecule has 0 saturated heterocycles. The molecule has 21 heavy (non-hydrogen) atoms. The summed E-state index contributed by atoms with van der Waals surface area (Å²) in [5.41, 5.74) is 0.699. The van der Waals surface area contributed by atoms with Crippen LogP contribution in [-0.2, 0) is 14.9 Å². The van der Waals surface area contributed by atoms with Crippen LogP contribution < -0.4 is 0 Å². The van der Waals surface area contributed by atoms with Gasteiger partial charge >= 0.3 is 6.09 Å². The number of rotatable bonds is 3. The van der Waals surface area contributed by atoms with Crippen molar-refractivity contribution in [2.75, 3.05) is 7.05 Å². The van der Waals surface area contributed by atoms with Gasteiger partial charge in [0, 0.05) is 23.7 Å². The van der Waals surface area contributed by atoms with Crippen molar-refractivity contribution in [1.82, 2.24) is 15.1 Å². The highest BCUT2D eigenvalue weighted by Gasteiger charge is 2.31. The van der Waals surface area contributed by atoms with Gasteiger partial charge < -0.3 is 9.53 Å². The molecular formula is C15H25N3O3. The Bertz CT molecular complexity index is 509. The number of aldehydes is 1. The fraction of sp³-hybridized carbons (Fsp3) is 0.667. The Morgan fingerprint density at radius 1 is 1.33 bits per heavy atom. The van der Waals surface area contributed by atoms with Crippen molar-refractivity contribution in [2.45, 2.75) is 58.6 Å². The van der Waals surface area contributed by atoms with E-state index < -0.39 is 17.7 Å². The number of H-pyrrole nitrogens is 1. The molecule has 1 heterocycles. The van der Waals surface area contributed by atoms with Crippen LogP contribution >= 0.6 is 0 Å². The van der Waals surface area contributed by atoms with Gasteiger partial charge in [-0.1, -0.05) is 20.8 Å². The molecule has 1 rings (SSSR count). The lowest BCUT2D eigenvalue weighted by molar-refractivity contribution is -0.112. The zero-order valence-electron chi connectivity index (χ0n) is 13.9. The Morgan fingerprint density at radius 3 is 2.33 bits per heavy atom. The molecule has 0 saturated carbocycles. The van der Waals surface area contributed by atoms with Crippen molar-refractivity contribution in [3.05, 3.63) is 17.5 Å². The number of hydrogen-bond acceptors (Lipinski definition) is 4. The number of ether oxygens (including phenoxy) is 1. The van der Waals surface area contributed by atoms with Crippen LogP contribution in [0.3, 0.4) is 0 Å². The van der Waals surface area contributed by atoms with Crippen molar-refractivity contribution < 1.29 is 14.3 Å². The van der Waals surface area contributed by atoms with E-state index in [0.717, 1.165) is 12.0 Å². The minimum absolute atomic E-state index is 0.206. The summed E-state index contributed by atoms with van der Waals surface area (Å²) in [6, 6.07) is -0.729. The first-order valence-electron chi connectivity index (χ1n) is 6.92. The summed E-state index contributed by atoms with van der Waals surface area (Å²) in [5, 5.41) is 6.93. The molecule has 1 aromatic rings. The van der Waals surface area contributed by atoms with Gasteiger partial charge in [0.05, 0.1) is 6.20 Å². The van der Waals surface area contributed by atoms with Gasteiger partial charge in [0.15, 0.2) is 0 Å². The van der Waals surface area contributed by atoms with E-state index in [2.05, 4.69) is 10.2 Å². The number of nitrogens with one attached hydrogen (secondary N) is 1. The monoisotopic (exact) mass is 295 g/mol. The fourth-order valence-corrected chi connectivity index (χ4v) is 1.94. The maximum absolute atomic E-state index is 12.1. The summed E-state index contributed by atoms with van der Waals surface area (Å²) in [7, 11) is 1.55. The second kappa shape index (κ2) is 5.87.